The van der Waals surface area contributed by atoms with E-state index in [1.807, 2.05) is 25.0 Å². The molecule has 0 aromatic heterocycles. The molecule has 0 unspecified atom stereocenters. The van der Waals surface area contributed by atoms with Gasteiger partial charge in [-0.25, -0.2) is 4.79 Å². The minimum atomic E-state index is -0.652. The summed E-state index contributed by atoms with van der Waals surface area (Å²) < 4.78 is 4.91. The van der Waals surface area contributed by atoms with Gasteiger partial charge in [0.25, 0.3) is 0 Å². The van der Waals surface area contributed by atoms with Gasteiger partial charge in [0.1, 0.15) is 5.75 Å². The molecule has 0 aliphatic carbocycles. The number of hydrogen-bond acceptors (Lipinski definition) is 2. The molecule has 0 N–H and O–H groups in total. The van der Waals surface area contributed by atoms with Crippen molar-refractivity contribution in [1.82, 2.24) is 0 Å². The van der Waals surface area contributed by atoms with Gasteiger partial charge in [-0.2, -0.15) is 0 Å². The van der Waals surface area contributed by atoms with Crippen molar-refractivity contribution in [3.63, 3.8) is 0 Å². The van der Waals surface area contributed by atoms with E-state index in [4.69, 9.17) is 11.2 Å². The van der Waals surface area contributed by atoms with Crippen molar-refractivity contribution in [1.29, 1.82) is 0 Å². The van der Waals surface area contributed by atoms with Crippen molar-refractivity contribution in [3.05, 3.63) is 29.8 Å². The van der Waals surface area contributed by atoms with Gasteiger partial charge < -0.3 is 4.74 Å². The van der Waals surface area contributed by atoms with Crippen LogP contribution in [0.5, 0.6) is 5.75 Å². The van der Waals surface area contributed by atoms with Gasteiger partial charge in [-0.1, -0.05) is 25.1 Å². The topological polar surface area (TPSA) is 26.3 Å². The van der Waals surface area contributed by atoms with Crippen LogP contribution in [0, 0.1) is 12.3 Å². The van der Waals surface area contributed by atoms with E-state index in [0.29, 0.717) is 5.75 Å². The second-order valence-corrected chi connectivity index (χ2v) is 2.50. The van der Waals surface area contributed by atoms with Gasteiger partial charge in [0.2, 0.25) is 0 Å². The van der Waals surface area contributed by atoms with Gasteiger partial charge in [0, 0.05) is 5.92 Å². The van der Waals surface area contributed by atoms with Crippen LogP contribution in [-0.4, -0.2) is 5.97 Å². The first-order chi connectivity index (χ1) is 6.27. The predicted molar refractivity (Wildman–Crippen MR) is 50.3 cm³/mol. The van der Waals surface area contributed by atoms with Crippen molar-refractivity contribution in [2.45, 2.75) is 13.3 Å². The zero-order valence-corrected chi connectivity index (χ0v) is 7.41. The van der Waals surface area contributed by atoms with E-state index < -0.39 is 5.97 Å². The lowest BCUT2D eigenvalue weighted by Crippen LogP contribution is -2.05. The minimum Gasteiger partial charge on any atom is -0.417 e. The Bertz CT molecular complexity index is 347. The van der Waals surface area contributed by atoms with Gasteiger partial charge in [0.05, 0.1) is 0 Å². The first-order valence-corrected chi connectivity index (χ1v) is 4.04. The third-order valence-corrected chi connectivity index (χ3v) is 1.67. The number of para-hydroxylation sites is 1. The van der Waals surface area contributed by atoms with Crippen LogP contribution in [0.2, 0.25) is 0 Å². The molecule has 1 rings (SSSR count). The molecule has 0 aliphatic rings. The largest absolute Gasteiger partial charge is 0.417 e. The Morgan fingerprint density at radius 2 is 2.23 bits per heavy atom. The maximum atomic E-state index is 10.8. The van der Waals surface area contributed by atoms with Crippen molar-refractivity contribution in [2.75, 3.05) is 0 Å². The summed E-state index contributed by atoms with van der Waals surface area (Å²) >= 11 is 0. The van der Waals surface area contributed by atoms with E-state index >= 15 is 0 Å². The average molecular weight is 174 g/mol. The minimum absolute atomic E-state index is 0.549. The van der Waals surface area contributed by atoms with Crippen molar-refractivity contribution in [3.8, 4) is 18.1 Å². The van der Waals surface area contributed by atoms with Gasteiger partial charge in [-0.15, -0.1) is 6.42 Å². The highest BCUT2D eigenvalue weighted by Crippen LogP contribution is 2.17. The van der Waals surface area contributed by atoms with Crippen LogP contribution < -0.4 is 4.74 Å². The summed E-state index contributed by atoms with van der Waals surface area (Å²) in [6, 6.07) is 7.33. The summed E-state index contributed by atoms with van der Waals surface area (Å²) in [5.74, 6) is 1.80. The lowest BCUT2D eigenvalue weighted by Gasteiger charge is -2.04. The molecule has 0 heterocycles. The molecule has 2 heteroatoms. The third-order valence-electron chi connectivity index (χ3n) is 1.67. The van der Waals surface area contributed by atoms with Gasteiger partial charge in [-0.05, 0) is 18.1 Å². The fourth-order valence-corrected chi connectivity index (χ4v) is 1.02. The Kier molecular flexibility index (Phi) is 3.10. The molecule has 1 aromatic rings. The molecule has 0 saturated heterocycles. The van der Waals surface area contributed by atoms with Gasteiger partial charge >= 0.3 is 5.97 Å². The summed E-state index contributed by atoms with van der Waals surface area (Å²) in [6.07, 6.45) is 5.70. The summed E-state index contributed by atoms with van der Waals surface area (Å²) in [4.78, 5) is 10.8. The lowest BCUT2D eigenvalue weighted by molar-refractivity contribution is -0.128. The highest BCUT2D eigenvalue weighted by Gasteiger charge is 2.03. The Labute approximate surface area is 77.5 Å². The molecule has 66 valence electrons. The van der Waals surface area contributed by atoms with Crippen LogP contribution in [0.1, 0.15) is 12.5 Å². The summed E-state index contributed by atoms with van der Waals surface area (Å²) in [6.45, 7) is 1.99. The van der Waals surface area contributed by atoms with Crippen LogP contribution in [0.4, 0.5) is 0 Å². The molecule has 2 nitrogen and oxygen atoms in total. The zero-order chi connectivity index (χ0) is 9.68. The standard InChI is InChI=1S/C11H10O2/c1-3-9-7-5-6-8-10(9)13-11(12)4-2/h2,5-8H,3H2,1H3. The van der Waals surface area contributed by atoms with E-state index in [-0.39, 0.29) is 0 Å². The Morgan fingerprint density at radius 1 is 1.54 bits per heavy atom. The molecule has 13 heavy (non-hydrogen) atoms. The average Bonchev–Trinajstić information content (AvgIpc) is 2.18. The second-order valence-electron chi connectivity index (χ2n) is 2.50. The maximum Gasteiger partial charge on any atom is 0.389 e. The van der Waals surface area contributed by atoms with Crippen LogP contribution >= 0.6 is 0 Å². The van der Waals surface area contributed by atoms with E-state index in [2.05, 4.69) is 0 Å². The molecule has 0 spiro atoms. The van der Waals surface area contributed by atoms with Crippen LogP contribution in [0.3, 0.4) is 0 Å². The fraction of sp³-hybridized carbons (Fsp3) is 0.182. The fourth-order valence-electron chi connectivity index (χ4n) is 1.02. The van der Waals surface area contributed by atoms with Crippen molar-refractivity contribution >= 4 is 5.97 Å². The zero-order valence-electron chi connectivity index (χ0n) is 7.41. The number of carbonyl (C=O) groups excluding carboxylic acids is 1. The number of terminal acetylenes is 1. The Hall–Kier alpha value is -1.75. The van der Waals surface area contributed by atoms with E-state index in [0.717, 1.165) is 12.0 Å². The second kappa shape index (κ2) is 4.32. The molecular weight excluding hydrogens is 164 g/mol. The summed E-state index contributed by atoms with van der Waals surface area (Å²) in [5.41, 5.74) is 0.978. The quantitative estimate of drug-likeness (QED) is 0.296. The van der Waals surface area contributed by atoms with Crippen LogP contribution in [0.25, 0.3) is 0 Å². The molecule has 1 aromatic carbocycles. The third kappa shape index (κ3) is 2.34. The number of benzene rings is 1. The van der Waals surface area contributed by atoms with Gasteiger partial charge in [-0.3, -0.25) is 0 Å². The number of hydrogen-bond donors (Lipinski definition) is 0. The maximum absolute atomic E-state index is 10.8. The lowest BCUT2D eigenvalue weighted by atomic mass is 10.1. The monoisotopic (exact) mass is 174 g/mol. The van der Waals surface area contributed by atoms with E-state index in [1.54, 1.807) is 12.1 Å². The molecule has 0 radical (unpaired) electrons. The van der Waals surface area contributed by atoms with Crippen LogP contribution in [-0.2, 0) is 11.2 Å². The predicted octanol–water partition coefficient (Wildman–Crippen LogP) is 1.79. The van der Waals surface area contributed by atoms with Gasteiger partial charge in [0.15, 0.2) is 0 Å². The van der Waals surface area contributed by atoms with Crippen molar-refractivity contribution < 1.29 is 9.53 Å². The summed E-state index contributed by atoms with van der Waals surface area (Å²) in [5, 5.41) is 0. The molecule has 0 fully saturated rings. The highest BCUT2D eigenvalue weighted by atomic mass is 16.5. The summed E-state index contributed by atoms with van der Waals surface area (Å²) in [7, 11) is 0. The number of rotatable bonds is 2. The number of aryl methyl sites for hydroxylation is 1. The smallest absolute Gasteiger partial charge is 0.389 e. The molecular formula is C11H10O2. The first kappa shape index (κ1) is 9.34. The molecule has 0 amide bonds. The molecule has 0 atom stereocenters. The van der Waals surface area contributed by atoms with Crippen LogP contribution in [0.15, 0.2) is 24.3 Å². The first-order valence-electron chi connectivity index (χ1n) is 4.04. The molecule has 0 aliphatic heterocycles. The Morgan fingerprint density at radius 3 is 2.85 bits per heavy atom. The number of esters is 1. The van der Waals surface area contributed by atoms with E-state index in [1.165, 1.54) is 0 Å². The van der Waals surface area contributed by atoms with E-state index in [9.17, 15) is 4.79 Å². The normalized spacial score (nSPS) is 8.92. The Balaban J connectivity index is 2.88. The number of ether oxygens (including phenoxy) is 1. The molecule has 0 saturated carbocycles. The van der Waals surface area contributed by atoms with Crippen molar-refractivity contribution in [2.24, 2.45) is 0 Å². The molecule has 0 bridgehead atoms. The number of carbonyl (C=O) groups is 1. The highest BCUT2D eigenvalue weighted by molar-refractivity contribution is 5.89. The SMILES string of the molecule is C#CC(=O)Oc1ccccc1CC.